The van der Waals surface area contributed by atoms with E-state index in [2.05, 4.69) is 47.6 Å². The van der Waals surface area contributed by atoms with Crippen LogP contribution in [0.3, 0.4) is 0 Å². The van der Waals surface area contributed by atoms with Crippen LogP contribution in [0.2, 0.25) is 0 Å². The van der Waals surface area contributed by atoms with Gasteiger partial charge in [0.2, 0.25) is 0 Å². The standard InChI is InChI=1S/C15H16N2/c1-10(16)8-12-9-17-15-13-5-3-2-4-11(13)6-7-14(12)15/h2-7,9-10,17H,8,16H2,1H3/t10-/m1/s1. The molecule has 0 unspecified atom stereocenters. The van der Waals surface area contributed by atoms with Crippen molar-refractivity contribution in [1.82, 2.24) is 4.98 Å². The zero-order valence-electron chi connectivity index (χ0n) is 9.90. The summed E-state index contributed by atoms with van der Waals surface area (Å²) in [6, 6.07) is 13.0. The molecule has 3 rings (SSSR count). The average Bonchev–Trinajstić information content (AvgIpc) is 2.72. The summed E-state index contributed by atoms with van der Waals surface area (Å²) in [4.78, 5) is 3.38. The molecule has 0 aliphatic heterocycles. The molecule has 0 radical (unpaired) electrons. The monoisotopic (exact) mass is 224 g/mol. The van der Waals surface area contributed by atoms with Gasteiger partial charge in [-0.2, -0.15) is 0 Å². The normalized spacial score (nSPS) is 13.3. The molecule has 0 aliphatic carbocycles. The number of benzene rings is 2. The molecule has 0 saturated carbocycles. The molecule has 3 aromatic rings. The second kappa shape index (κ2) is 3.90. The Morgan fingerprint density at radius 2 is 1.94 bits per heavy atom. The second-order valence-corrected chi connectivity index (χ2v) is 4.70. The van der Waals surface area contributed by atoms with Gasteiger partial charge in [0.15, 0.2) is 0 Å². The summed E-state index contributed by atoms with van der Waals surface area (Å²) in [7, 11) is 0. The number of fused-ring (bicyclic) bond motifs is 3. The van der Waals surface area contributed by atoms with E-state index in [0.717, 1.165) is 6.42 Å². The summed E-state index contributed by atoms with van der Waals surface area (Å²) in [5, 5.41) is 3.84. The van der Waals surface area contributed by atoms with Gasteiger partial charge in [-0.05, 0) is 24.3 Å². The Bertz CT molecular complexity index is 665. The van der Waals surface area contributed by atoms with Crippen LogP contribution >= 0.6 is 0 Å². The quantitative estimate of drug-likeness (QED) is 0.689. The Kier molecular flexibility index (Phi) is 2.37. The lowest BCUT2D eigenvalue weighted by Crippen LogP contribution is -2.17. The molecule has 0 saturated heterocycles. The molecular formula is C15H16N2. The molecule has 2 heteroatoms. The highest BCUT2D eigenvalue weighted by molar-refractivity contribution is 6.06. The van der Waals surface area contributed by atoms with Crippen molar-refractivity contribution in [2.45, 2.75) is 19.4 Å². The van der Waals surface area contributed by atoms with Crippen molar-refractivity contribution >= 4 is 21.7 Å². The van der Waals surface area contributed by atoms with E-state index >= 15 is 0 Å². The van der Waals surface area contributed by atoms with Crippen LogP contribution in [-0.2, 0) is 6.42 Å². The van der Waals surface area contributed by atoms with E-state index in [9.17, 15) is 0 Å². The van der Waals surface area contributed by atoms with Crippen LogP contribution in [0.4, 0.5) is 0 Å². The Morgan fingerprint density at radius 1 is 1.12 bits per heavy atom. The second-order valence-electron chi connectivity index (χ2n) is 4.70. The third-order valence-corrected chi connectivity index (χ3v) is 3.21. The number of H-pyrrole nitrogens is 1. The summed E-state index contributed by atoms with van der Waals surface area (Å²) in [6.45, 7) is 2.04. The molecule has 1 atom stereocenters. The fraction of sp³-hybridized carbons (Fsp3) is 0.200. The third kappa shape index (κ3) is 1.71. The first-order chi connectivity index (χ1) is 8.25. The fourth-order valence-electron chi connectivity index (χ4n) is 2.45. The maximum Gasteiger partial charge on any atom is 0.0536 e. The summed E-state index contributed by atoms with van der Waals surface area (Å²) in [5.41, 5.74) is 8.40. The van der Waals surface area contributed by atoms with Gasteiger partial charge < -0.3 is 10.7 Å². The zero-order valence-corrected chi connectivity index (χ0v) is 9.90. The van der Waals surface area contributed by atoms with Crippen LogP contribution in [-0.4, -0.2) is 11.0 Å². The van der Waals surface area contributed by atoms with Crippen molar-refractivity contribution in [3.63, 3.8) is 0 Å². The number of nitrogens with two attached hydrogens (primary N) is 1. The van der Waals surface area contributed by atoms with Crippen LogP contribution in [0.15, 0.2) is 42.6 Å². The number of hydrogen-bond donors (Lipinski definition) is 2. The topological polar surface area (TPSA) is 41.8 Å². The van der Waals surface area contributed by atoms with Gasteiger partial charge in [-0.1, -0.05) is 36.4 Å². The molecule has 0 fully saturated rings. The number of hydrogen-bond acceptors (Lipinski definition) is 1. The van der Waals surface area contributed by atoms with Gasteiger partial charge >= 0.3 is 0 Å². The minimum absolute atomic E-state index is 0.195. The van der Waals surface area contributed by atoms with E-state index in [1.807, 2.05) is 6.92 Å². The smallest absolute Gasteiger partial charge is 0.0536 e. The highest BCUT2D eigenvalue weighted by Gasteiger charge is 2.07. The molecule has 0 bridgehead atoms. The van der Waals surface area contributed by atoms with Gasteiger partial charge in [0.25, 0.3) is 0 Å². The van der Waals surface area contributed by atoms with Gasteiger partial charge in [-0.3, -0.25) is 0 Å². The van der Waals surface area contributed by atoms with E-state index in [4.69, 9.17) is 5.73 Å². The molecule has 1 aromatic heterocycles. The van der Waals surface area contributed by atoms with Crippen LogP contribution in [0.1, 0.15) is 12.5 Å². The first-order valence-corrected chi connectivity index (χ1v) is 5.99. The molecule has 3 N–H and O–H groups in total. The lowest BCUT2D eigenvalue weighted by molar-refractivity contribution is 0.741. The fourth-order valence-corrected chi connectivity index (χ4v) is 2.45. The highest BCUT2D eigenvalue weighted by atomic mass is 14.7. The van der Waals surface area contributed by atoms with Crippen LogP contribution in [0.5, 0.6) is 0 Å². The SMILES string of the molecule is C[C@@H](N)Cc1c[nH]c2c1ccc1ccccc12. The van der Waals surface area contributed by atoms with Crippen molar-refractivity contribution in [1.29, 1.82) is 0 Å². The average molecular weight is 224 g/mol. The summed E-state index contributed by atoms with van der Waals surface area (Å²) < 4.78 is 0. The molecule has 2 nitrogen and oxygen atoms in total. The van der Waals surface area contributed by atoms with Crippen LogP contribution in [0.25, 0.3) is 21.7 Å². The molecule has 2 aromatic carbocycles. The molecule has 0 amide bonds. The van der Waals surface area contributed by atoms with E-state index in [1.165, 1.54) is 27.2 Å². The van der Waals surface area contributed by atoms with Crippen molar-refractivity contribution < 1.29 is 0 Å². The lowest BCUT2D eigenvalue weighted by Gasteiger charge is -2.04. The van der Waals surface area contributed by atoms with Crippen molar-refractivity contribution in [3.8, 4) is 0 Å². The molecule has 17 heavy (non-hydrogen) atoms. The Hall–Kier alpha value is -1.80. The predicted molar refractivity (Wildman–Crippen MR) is 73.2 cm³/mol. The van der Waals surface area contributed by atoms with Gasteiger partial charge in [-0.15, -0.1) is 0 Å². The molecule has 0 spiro atoms. The van der Waals surface area contributed by atoms with Crippen molar-refractivity contribution in [3.05, 3.63) is 48.2 Å². The van der Waals surface area contributed by atoms with Crippen LogP contribution < -0.4 is 5.73 Å². The Morgan fingerprint density at radius 3 is 2.76 bits per heavy atom. The Balaban J connectivity index is 2.27. The van der Waals surface area contributed by atoms with E-state index < -0.39 is 0 Å². The maximum atomic E-state index is 5.87. The highest BCUT2D eigenvalue weighted by Crippen LogP contribution is 2.27. The summed E-state index contributed by atoms with van der Waals surface area (Å²) >= 11 is 0. The third-order valence-electron chi connectivity index (χ3n) is 3.21. The Labute approximate surface area is 100 Å². The lowest BCUT2D eigenvalue weighted by atomic mass is 10.0. The predicted octanol–water partition coefficient (Wildman–Crippen LogP) is 3.21. The summed E-state index contributed by atoms with van der Waals surface area (Å²) in [5.74, 6) is 0. The number of rotatable bonds is 2. The number of aromatic amines is 1. The van der Waals surface area contributed by atoms with Crippen molar-refractivity contribution in [2.75, 3.05) is 0 Å². The molecule has 1 heterocycles. The molecular weight excluding hydrogens is 208 g/mol. The van der Waals surface area contributed by atoms with Gasteiger partial charge in [0.1, 0.15) is 0 Å². The van der Waals surface area contributed by atoms with E-state index in [0.29, 0.717) is 0 Å². The number of nitrogens with one attached hydrogen (secondary N) is 1. The minimum Gasteiger partial charge on any atom is -0.360 e. The maximum absolute atomic E-state index is 5.87. The largest absolute Gasteiger partial charge is 0.360 e. The zero-order chi connectivity index (χ0) is 11.8. The molecule has 86 valence electrons. The van der Waals surface area contributed by atoms with E-state index in [-0.39, 0.29) is 6.04 Å². The van der Waals surface area contributed by atoms with Gasteiger partial charge in [-0.25, -0.2) is 0 Å². The van der Waals surface area contributed by atoms with E-state index in [1.54, 1.807) is 0 Å². The van der Waals surface area contributed by atoms with Gasteiger partial charge in [0, 0.05) is 23.0 Å². The van der Waals surface area contributed by atoms with Crippen LogP contribution in [0, 0.1) is 0 Å². The van der Waals surface area contributed by atoms with Gasteiger partial charge in [0.05, 0.1) is 5.52 Å². The number of aromatic nitrogens is 1. The first-order valence-electron chi connectivity index (χ1n) is 5.99. The summed E-state index contributed by atoms with van der Waals surface area (Å²) in [6.07, 6.45) is 3.00. The first kappa shape index (κ1) is 10.4. The minimum atomic E-state index is 0.195. The van der Waals surface area contributed by atoms with Crippen molar-refractivity contribution in [2.24, 2.45) is 5.73 Å². The molecule has 0 aliphatic rings.